The highest BCUT2D eigenvalue weighted by Gasteiger charge is 2.26. The third-order valence-corrected chi connectivity index (χ3v) is 5.51. The topological polar surface area (TPSA) is 41.4 Å². The summed E-state index contributed by atoms with van der Waals surface area (Å²) >= 11 is 12.1. The van der Waals surface area contributed by atoms with Crippen molar-refractivity contribution >= 4 is 29.1 Å². The Balaban J connectivity index is 1.61. The molecule has 0 unspecified atom stereocenters. The third-order valence-electron chi connectivity index (χ3n) is 4.77. The van der Waals surface area contributed by atoms with Crippen molar-refractivity contribution in [3.63, 3.8) is 0 Å². The molecule has 0 radical (unpaired) electrons. The van der Waals surface area contributed by atoms with Crippen molar-refractivity contribution in [1.29, 1.82) is 0 Å². The third kappa shape index (κ3) is 3.84. The molecule has 1 aromatic heterocycles. The molecular formula is C18H22Cl2N4O. The molecule has 134 valence electrons. The predicted octanol–water partition coefficient (Wildman–Crippen LogP) is 3.30. The van der Waals surface area contributed by atoms with Gasteiger partial charge >= 0.3 is 0 Å². The second-order valence-corrected chi connectivity index (χ2v) is 7.30. The van der Waals surface area contributed by atoms with E-state index >= 15 is 0 Å². The van der Waals surface area contributed by atoms with Crippen LogP contribution in [-0.4, -0.2) is 51.7 Å². The summed E-state index contributed by atoms with van der Waals surface area (Å²) in [4.78, 5) is 17.1. The van der Waals surface area contributed by atoms with Gasteiger partial charge in [-0.15, -0.1) is 0 Å². The van der Waals surface area contributed by atoms with E-state index in [2.05, 4.69) is 10.00 Å². The second kappa shape index (κ2) is 7.36. The highest BCUT2D eigenvalue weighted by atomic mass is 35.5. The largest absolute Gasteiger partial charge is 0.336 e. The minimum absolute atomic E-state index is 0.0808. The number of rotatable bonds is 3. The smallest absolute Gasteiger partial charge is 0.257 e. The summed E-state index contributed by atoms with van der Waals surface area (Å²) in [7, 11) is 1.87. The van der Waals surface area contributed by atoms with Crippen molar-refractivity contribution in [2.75, 3.05) is 26.2 Å². The van der Waals surface area contributed by atoms with Gasteiger partial charge in [0.1, 0.15) is 0 Å². The molecule has 1 saturated heterocycles. The van der Waals surface area contributed by atoms with Crippen molar-refractivity contribution in [2.45, 2.75) is 20.4 Å². The number of carbonyl (C=O) groups excluding carboxylic acids is 1. The van der Waals surface area contributed by atoms with Crippen LogP contribution in [0.1, 0.15) is 27.3 Å². The van der Waals surface area contributed by atoms with Crippen molar-refractivity contribution in [2.24, 2.45) is 7.05 Å². The number of aryl methyl sites for hydroxylation is 2. The molecule has 5 nitrogen and oxygen atoms in total. The average Bonchev–Trinajstić information content (AvgIpc) is 2.83. The highest BCUT2D eigenvalue weighted by molar-refractivity contribution is 6.42. The van der Waals surface area contributed by atoms with Crippen LogP contribution in [0.2, 0.25) is 10.0 Å². The number of amides is 1. The van der Waals surface area contributed by atoms with Crippen LogP contribution in [-0.2, 0) is 13.6 Å². The molecule has 0 N–H and O–H groups in total. The maximum atomic E-state index is 12.8. The van der Waals surface area contributed by atoms with Crippen molar-refractivity contribution in [3.8, 4) is 0 Å². The number of aromatic nitrogens is 2. The van der Waals surface area contributed by atoms with Crippen molar-refractivity contribution in [3.05, 3.63) is 50.8 Å². The van der Waals surface area contributed by atoms with E-state index in [0.717, 1.165) is 42.1 Å². The van der Waals surface area contributed by atoms with E-state index in [1.807, 2.05) is 44.0 Å². The maximum Gasteiger partial charge on any atom is 0.257 e. The Morgan fingerprint density at radius 2 is 1.80 bits per heavy atom. The molecule has 2 heterocycles. The number of halogens is 2. The Hall–Kier alpha value is -1.56. The number of piperazine rings is 1. The van der Waals surface area contributed by atoms with Crippen LogP contribution in [0, 0.1) is 13.8 Å². The molecule has 1 amide bonds. The molecule has 25 heavy (non-hydrogen) atoms. The Kier molecular flexibility index (Phi) is 5.37. The van der Waals surface area contributed by atoms with E-state index in [-0.39, 0.29) is 5.91 Å². The molecule has 1 aliphatic heterocycles. The van der Waals surface area contributed by atoms with Crippen LogP contribution >= 0.6 is 23.2 Å². The fourth-order valence-corrected chi connectivity index (χ4v) is 3.57. The molecule has 3 rings (SSSR count). The summed E-state index contributed by atoms with van der Waals surface area (Å²) in [5.41, 5.74) is 3.58. The van der Waals surface area contributed by atoms with Gasteiger partial charge in [-0.1, -0.05) is 29.3 Å². The van der Waals surface area contributed by atoms with E-state index in [1.165, 1.54) is 0 Å². The van der Waals surface area contributed by atoms with E-state index in [9.17, 15) is 4.79 Å². The van der Waals surface area contributed by atoms with Gasteiger partial charge in [0.05, 0.1) is 21.3 Å². The van der Waals surface area contributed by atoms with Gasteiger partial charge in [0.25, 0.3) is 5.91 Å². The first-order chi connectivity index (χ1) is 11.9. The number of carbonyl (C=O) groups is 1. The lowest BCUT2D eigenvalue weighted by molar-refractivity contribution is 0.0627. The SMILES string of the molecule is Cc1nn(C)c(C)c1C(=O)N1CCN(Cc2ccc(Cl)c(Cl)c2)CC1. The summed E-state index contributed by atoms with van der Waals surface area (Å²) in [6, 6.07) is 5.73. The molecule has 1 aromatic carbocycles. The molecule has 0 spiro atoms. The van der Waals surface area contributed by atoms with Gasteiger partial charge in [-0.2, -0.15) is 5.10 Å². The monoisotopic (exact) mass is 380 g/mol. The fraction of sp³-hybridized carbons (Fsp3) is 0.444. The van der Waals surface area contributed by atoms with E-state index in [1.54, 1.807) is 4.68 Å². The van der Waals surface area contributed by atoms with Crippen LogP contribution in [0.15, 0.2) is 18.2 Å². The van der Waals surface area contributed by atoms with Crippen molar-refractivity contribution in [1.82, 2.24) is 19.6 Å². The molecule has 0 saturated carbocycles. The first-order valence-electron chi connectivity index (χ1n) is 8.32. The zero-order chi connectivity index (χ0) is 18.1. The average molecular weight is 381 g/mol. The molecule has 0 bridgehead atoms. The second-order valence-electron chi connectivity index (χ2n) is 6.49. The zero-order valence-corrected chi connectivity index (χ0v) is 16.2. The minimum atomic E-state index is 0.0808. The summed E-state index contributed by atoms with van der Waals surface area (Å²) < 4.78 is 1.77. The van der Waals surface area contributed by atoms with E-state index in [4.69, 9.17) is 23.2 Å². The first kappa shape index (κ1) is 18.2. The quantitative estimate of drug-likeness (QED) is 0.819. The summed E-state index contributed by atoms with van der Waals surface area (Å²) in [6.07, 6.45) is 0. The van der Waals surface area contributed by atoms with Gasteiger partial charge in [-0.05, 0) is 31.5 Å². The van der Waals surface area contributed by atoms with E-state index in [0.29, 0.717) is 23.1 Å². The van der Waals surface area contributed by atoms with Crippen molar-refractivity contribution < 1.29 is 4.79 Å². The number of nitrogens with zero attached hydrogens (tertiary/aromatic N) is 4. The Morgan fingerprint density at radius 1 is 1.12 bits per heavy atom. The lowest BCUT2D eigenvalue weighted by atomic mass is 10.1. The molecule has 0 atom stereocenters. The summed E-state index contributed by atoms with van der Waals surface area (Å²) in [5, 5.41) is 5.50. The lowest BCUT2D eigenvalue weighted by Crippen LogP contribution is -2.48. The first-order valence-corrected chi connectivity index (χ1v) is 9.08. The van der Waals surface area contributed by atoms with Crippen LogP contribution < -0.4 is 0 Å². The molecular weight excluding hydrogens is 359 g/mol. The maximum absolute atomic E-state index is 12.8. The fourth-order valence-electron chi connectivity index (χ4n) is 3.25. The summed E-state index contributed by atoms with van der Waals surface area (Å²) in [6.45, 7) is 7.74. The molecule has 2 aromatic rings. The van der Waals surface area contributed by atoms with Gasteiger partial charge in [0.15, 0.2) is 0 Å². The van der Waals surface area contributed by atoms with Gasteiger partial charge < -0.3 is 4.90 Å². The lowest BCUT2D eigenvalue weighted by Gasteiger charge is -2.34. The molecule has 1 aliphatic rings. The molecule has 7 heteroatoms. The summed E-state index contributed by atoms with van der Waals surface area (Å²) in [5.74, 6) is 0.0808. The predicted molar refractivity (Wildman–Crippen MR) is 100 cm³/mol. The van der Waals surface area contributed by atoms with Gasteiger partial charge in [-0.3, -0.25) is 14.4 Å². The number of hydrogen-bond donors (Lipinski definition) is 0. The number of hydrogen-bond acceptors (Lipinski definition) is 3. The standard InChI is InChI=1S/C18H22Cl2N4O/c1-12-17(13(2)22(3)21-12)18(25)24-8-6-23(7-9-24)11-14-4-5-15(19)16(20)10-14/h4-5,10H,6-9,11H2,1-3H3. The van der Waals surface area contributed by atoms with Crippen LogP contribution in [0.5, 0.6) is 0 Å². The molecule has 0 aliphatic carbocycles. The van der Waals surface area contributed by atoms with E-state index < -0.39 is 0 Å². The van der Waals surface area contributed by atoms with Crippen LogP contribution in [0.25, 0.3) is 0 Å². The normalized spacial score (nSPS) is 15.6. The van der Waals surface area contributed by atoms with Gasteiger partial charge in [-0.25, -0.2) is 0 Å². The van der Waals surface area contributed by atoms with Gasteiger partial charge in [0.2, 0.25) is 0 Å². The van der Waals surface area contributed by atoms with Crippen LogP contribution in [0.4, 0.5) is 0 Å². The Labute approximate surface area is 158 Å². The van der Waals surface area contributed by atoms with Gasteiger partial charge in [0, 0.05) is 45.5 Å². The number of benzene rings is 1. The minimum Gasteiger partial charge on any atom is -0.336 e. The highest BCUT2D eigenvalue weighted by Crippen LogP contribution is 2.23. The Bertz CT molecular complexity index is 795. The zero-order valence-electron chi connectivity index (χ0n) is 14.7. The Morgan fingerprint density at radius 3 is 2.36 bits per heavy atom. The molecule has 1 fully saturated rings. The van der Waals surface area contributed by atoms with Crippen LogP contribution in [0.3, 0.4) is 0 Å².